The maximum Gasteiger partial charge on any atom is 0.326 e. The number of carbonyl (C=O) groups excluding carboxylic acids is 1. The third kappa shape index (κ3) is 4.70. The van der Waals surface area contributed by atoms with E-state index in [0.717, 1.165) is 25.8 Å². The third-order valence-electron chi connectivity index (χ3n) is 3.52. The lowest BCUT2D eigenvalue weighted by Crippen LogP contribution is -2.47. The predicted octanol–water partition coefficient (Wildman–Crippen LogP) is 0.833. The van der Waals surface area contributed by atoms with Crippen LogP contribution >= 0.6 is 0 Å². The molecule has 2 unspecified atom stereocenters. The van der Waals surface area contributed by atoms with Gasteiger partial charge in [-0.2, -0.15) is 0 Å². The highest BCUT2D eigenvalue weighted by atomic mass is 16.4. The van der Waals surface area contributed by atoms with Gasteiger partial charge in [0.25, 0.3) is 0 Å². The monoisotopic (exact) mass is 271 g/mol. The van der Waals surface area contributed by atoms with Gasteiger partial charge in [0.1, 0.15) is 6.04 Å². The Labute approximate surface area is 114 Å². The second-order valence-corrected chi connectivity index (χ2v) is 5.48. The number of nitrogens with zero attached hydrogens (tertiary/aromatic N) is 2. The van der Waals surface area contributed by atoms with Gasteiger partial charge in [-0.05, 0) is 45.8 Å². The number of carboxylic acids is 1. The van der Waals surface area contributed by atoms with Crippen molar-refractivity contribution in [1.82, 2.24) is 15.1 Å². The molecule has 2 atom stereocenters. The lowest BCUT2D eigenvalue weighted by Gasteiger charge is -2.23. The number of amides is 2. The third-order valence-corrected chi connectivity index (χ3v) is 3.52. The maximum atomic E-state index is 11.9. The molecule has 0 aromatic rings. The van der Waals surface area contributed by atoms with Crippen molar-refractivity contribution in [3.63, 3.8) is 0 Å². The molecule has 1 aliphatic heterocycles. The number of aliphatic carboxylic acids is 1. The van der Waals surface area contributed by atoms with Gasteiger partial charge in [-0.1, -0.05) is 6.92 Å². The second-order valence-electron chi connectivity index (χ2n) is 5.48. The Hall–Kier alpha value is -1.30. The van der Waals surface area contributed by atoms with Gasteiger partial charge in [0.15, 0.2) is 0 Å². The molecule has 0 bridgehead atoms. The quantitative estimate of drug-likeness (QED) is 0.702. The lowest BCUT2D eigenvalue weighted by molar-refractivity contribution is -0.142. The fraction of sp³-hybridized carbons (Fsp3) is 0.846. The van der Waals surface area contributed by atoms with Gasteiger partial charge in [0, 0.05) is 13.1 Å². The first-order chi connectivity index (χ1) is 8.93. The zero-order valence-corrected chi connectivity index (χ0v) is 12.1. The van der Waals surface area contributed by atoms with Crippen LogP contribution in [0.4, 0.5) is 4.79 Å². The summed E-state index contributed by atoms with van der Waals surface area (Å²) in [6.07, 6.45) is 2.68. The first-order valence-electron chi connectivity index (χ1n) is 6.85. The molecule has 1 heterocycles. The second kappa shape index (κ2) is 7.33. The van der Waals surface area contributed by atoms with Crippen LogP contribution in [-0.4, -0.2) is 66.7 Å². The molecule has 6 nitrogen and oxygen atoms in total. The van der Waals surface area contributed by atoms with Crippen molar-refractivity contribution >= 4 is 12.0 Å². The largest absolute Gasteiger partial charge is 0.480 e. The van der Waals surface area contributed by atoms with E-state index >= 15 is 0 Å². The predicted molar refractivity (Wildman–Crippen MR) is 73.1 cm³/mol. The molecule has 2 amide bonds. The van der Waals surface area contributed by atoms with E-state index in [9.17, 15) is 9.59 Å². The fourth-order valence-electron chi connectivity index (χ4n) is 2.40. The molecule has 1 fully saturated rings. The van der Waals surface area contributed by atoms with Gasteiger partial charge >= 0.3 is 12.0 Å². The number of hydrogen-bond donors (Lipinski definition) is 2. The summed E-state index contributed by atoms with van der Waals surface area (Å²) >= 11 is 0. The molecule has 1 saturated heterocycles. The Morgan fingerprint density at radius 3 is 2.63 bits per heavy atom. The van der Waals surface area contributed by atoms with Gasteiger partial charge in [0.2, 0.25) is 0 Å². The van der Waals surface area contributed by atoms with E-state index in [4.69, 9.17) is 5.11 Å². The normalized spacial score (nSPS) is 22.8. The molecule has 2 N–H and O–H groups in total. The number of hydrogen-bond acceptors (Lipinski definition) is 3. The minimum atomic E-state index is -0.909. The molecule has 1 aliphatic rings. The van der Waals surface area contributed by atoms with Crippen molar-refractivity contribution in [3.05, 3.63) is 0 Å². The average Bonchev–Trinajstić information content (AvgIpc) is 2.70. The van der Waals surface area contributed by atoms with Crippen molar-refractivity contribution in [2.45, 2.75) is 32.2 Å². The van der Waals surface area contributed by atoms with Gasteiger partial charge in [-0.3, -0.25) is 0 Å². The standard InChI is InChI=1S/C13H25N3O3/c1-10-6-9-16(11(10)12(17)18)13(19)14-7-4-5-8-15(2)3/h10-11H,4-9H2,1-3H3,(H,14,19)(H,17,18). The number of likely N-dealkylation sites (tertiary alicyclic amines) is 1. The molecule has 1 rings (SSSR count). The summed E-state index contributed by atoms with van der Waals surface area (Å²) in [5.41, 5.74) is 0. The van der Waals surface area contributed by atoms with E-state index in [1.165, 1.54) is 4.90 Å². The van der Waals surface area contributed by atoms with Crippen molar-refractivity contribution < 1.29 is 14.7 Å². The van der Waals surface area contributed by atoms with Gasteiger partial charge in [-0.15, -0.1) is 0 Å². The number of urea groups is 1. The van der Waals surface area contributed by atoms with E-state index in [1.807, 2.05) is 21.0 Å². The summed E-state index contributed by atoms with van der Waals surface area (Å²) in [5.74, 6) is -0.884. The van der Waals surface area contributed by atoms with E-state index in [-0.39, 0.29) is 11.9 Å². The summed E-state index contributed by atoms with van der Waals surface area (Å²) in [5, 5.41) is 12.0. The summed E-state index contributed by atoms with van der Waals surface area (Å²) in [7, 11) is 4.03. The van der Waals surface area contributed by atoms with Crippen molar-refractivity contribution in [1.29, 1.82) is 0 Å². The van der Waals surface area contributed by atoms with E-state index in [2.05, 4.69) is 10.2 Å². The first kappa shape index (κ1) is 15.8. The average molecular weight is 271 g/mol. The van der Waals surface area contributed by atoms with Crippen LogP contribution in [0.5, 0.6) is 0 Å². The Morgan fingerprint density at radius 2 is 2.05 bits per heavy atom. The van der Waals surface area contributed by atoms with E-state index in [1.54, 1.807) is 0 Å². The van der Waals surface area contributed by atoms with Crippen molar-refractivity contribution in [2.24, 2.45) is 5.92 Å². The Bertz CT molecular complexity index is 320. The molecule has 0 aromatic heterocycles. The van der Waals surface area contributed by atoms with Crippen LogP contribution in [0.1, 0.15) is 26.2 Å². The molecule has 0 aliphatic carbocycles. The number of nitrogens with one attached hydrogen (secondary N) is 1. The fourth-order valence-corrected chi connectivity index (χ4v) is 2.40. The van der Waals surface area contributed by atoms with E-state index in [0.29, 0.717) is 13.1 Å². The molecule has 0 saturated carbocycles. The zero-order chi connectivity index (χ0) is 14.4. The topological polar surface area (TPSA) is 72.9 Å². The Kier molecular flexibility index (Phi) is 6.08. The SMILES string of the molecule is CC1CCN(C(=O)NCCCCN(C)C)C1C(=O)O. The van der Waals surface area contributed by atoms with Crippen LogP contribution in [0.25, 0.3) is 0 Å². The molecular formula is C13H25N3O3. The Morgan fingerprint density at radius 1 is 1.37 bits per heavy atom. The number of rotatable bonds is 6. The smallest absolute Gasteiger partial charge is 0.326 e. The van der Waals surface area contributed by atoms with Crippen LogP contribution in [0.15, 0.2) is 0 Å². The van der Waals surface area contributed by atoms with Crippen molar-refractivity contribution in [3.8, 4) is 0 Å². The van der Waals surface area contributed by atoms with Crippen LogP contribution in [0.2, 0.25) is 0 Å². The minimum absolute atomic E-state index is 0.0250. The lowest BCUT2D eigenvalue weighted by atomic mass is 10.0. The van der Waals surface area contributed by atoms with Gasteiger partial charge < -0.3 is 20.2 Å². The highest BCUT2D eigenvalue weighted by molar-refractivity contribution is 5.83. The Balaban J connectivity index is 2.31. The summed E-state index contributed by atoms with van der Waals surface area (Å²) in [4.78, 5) is 26.6. The maximum absolute atomic E-state index is 11.9. The van der Waals surface area contributed by atoms with Gasteiger partial charge in [-0.25, -0.2) is 9.59 Å². The molecule has 110 valence electrons. The van der Waals surface area contributed by atoms with Gasteiger partial charge in [0.05, 0.1) is 0 Å². The molecular weight excluding hydrogens is 246 g/mol. The van der Waals surface area contributed by atoms with Crippen LogP contribution in [-0.2, 0) is 4.79 Å². The molecule has 0 radical (unpaired) electrons. The number of carboxylic acid groups (broad SMARTS) is 1. The highest BCUT2D eigenvalue weighted by Gasteiger charge is 2.39. The molecule has 0 spiro atoms. The van der Waals surface area contributed by atoms with Crippen molar-refractivity contribution in [2.75, 3.05) is 33.7 Å². The van der Waals surface area contributed by atoms with Crippen LogP contribution < -0.4 is 5.32 Å². The summed E-state index contributed by atoms with van der Waals surface area (Å²) < 4.78 is 0. The zero-order valence-electron chi connectivity index (χ0n) is 12.1. The molecule has 0 aromatic carbocycles. The summed E-state index contributed by atoms with van der Waals surface area (Å²) in [6.45, 7) is 4.00. The molecule has 6 heteroatoms. The van der Waals surface area contributed by atoms with E-state index < -0.39 is 12.0 Å². The van der Waals surface area contributed by atoms with Crippen LogP contribution in [0, 0.1) is 5.92 Å². The minimum Gasteiger partial charge on any atom is -0.480 e. The van der Waals surface area contributed by atoms with Crippen LogP contribution in [0.3, 0.4) is 0 Å². The molecule has 19 heavy (non-hydrogen) atoms. The number of unbranched alkanes of at least 4 members (excludes halogenated alkanes) is 1. The summed E-state index contributed by atoms with van der Waals surface area (Å²) in [6, 6.07) is -0.927. The first-order valence-corrected chi connectivity index (χ1v) is 6.85. The highest BCUT2D eigenvalue weighted by Crippen LogP contribution is 2.23. The number of carbonyl (C=O) groups is 2.